The van der Waals surface area contributed by atoms with Gasteiger partial charge in [-0.25, -0.2) is 0 Å². The zero-order valence-electron chi connectivity index (χ0n) is 10.5. The van der Waals surface area contributed by atoms with E-state index < -0.39 is 6.10 Å². The SMILES string of the molecule is Cc1cccc(C(O)CC2CCCCC2)c1Cl. The van der Waals surface area contributed by atoms with Gasteiger partial charge in [0.2, 0.25) is 0 Å². The molecule has 0 saturated heterocycles. The molecule has 0 aliphatic heterocycles. The minimum Gasteiger partial charge on any atom is -0.388 e. The lowest BCUT2D eigenvalue weighted by Gasteiger charge is -2.24. The number of rotatable bonds is 3. The largest absolute Gasteiger partial charge is 0.388 e. The molecule has 0 spiro atoms. The topological polar surface area (TPSA) is 20.2 Å². The molecule has 2 heteroatoms. The molecular formula is C15H21ClO. The summed E-state index contributed by atoms with van der Waals surface area (Å²) in [6, 6.07) is 5.91. The Kier molecular flexibility index (Phi) is 4.47. The molecule has 1 aromatic carbocycles. The van der Waals surface area contributed by atoms with E-state index in [1.54, 1.807) is 0 Å². The van der Waals surface area contributed by atoms with Crippen molar-refractivity contribution in [2.75, 3.05) is 0 Å². The third-order valence-corrected chi connectivity index (χ3v) is 4.38. The van der Waals surface area contributed by atoms with Crippen LogP contribution in [0.15, 0.2) is 18.2 Å². The fourth-order valence-corrected chi connectivity index (χ4v) is 3.04. The van der Waals surface area contributed by atoms with Crippen LogP contribution < -0.4 is 0 Å². The monoisotopic (exact) mass is 252 g/mol. The van der Waals surface area contributed by atoms with Crippen LogP contribution in [-0.2, 0) is 0 Å². The van der Waals surface area contributed by atoms with Gasteiger partial charge in [-0.15, -0.1) is 0 Å². The van der Waals surface area contributed by atoms with Crippen molar-refractivity contribution in [3.05, 3.63) is 34.3 Å². The summed E-state index contributed by atoms with van der Waals surface area (Å²) < 4.78 is 0. The minimum atomic E-state index is -0.398. The van der Waals surface area contributed by atoms with Crippen LogP contribution in [0.4, 0.5) is 0 Å². The number of aliphatic hydroxyl groups is 1. The van der Waals surface area contributed by atoms with E-state index in [-0.39, 0.29) is 0 Å². The van der Waals surface area contributed by atoms with Crippen molar-refractivity contribution in [1.82, 2.24) is 0 Å². The minimum absolute atomic E-state index is 0.398. The van der Waals surface area contributed by atoms with Gasteiger partial charge in [0.25, 0.3) is 0 Å². The molecule has 0 heterocycles. The average molecular weight is 253 g/mol. The molecular weight excluding hydrogens is 232 g/mol. The molecule has 0 radical (unpaired) electrons. The first-order valence-electron chi connectivity index (χ1n) is 6.61. The van der Waals surface area contributed by atoms with Crippen LogP contribution >= 0.6 is 11.6 Å². The number of halogens is 1. The highest BCUT2D eigenvalue weighted by Crippen LogP contribution is 2.34. The van der Waals surface area contributed by atoms with Gasteiger partial charge in [0.1, 0.15) is 0 Å². The number of hydrogen-bond donors (Lipinski definition) is 1. The summed E-state index contributed by atoms with van der Waals surface area (Å²) in [7, 11) is 0. The fourth-order valence-electron chi connectivity index (χ4n) is 2.79. The lowest BCUT2D eigenvalue weighted by Crippen LogP contribution is -2.11. The van der Waals surface area contributed by atoms with Gasteiger partial charge in [-0.3, -0.25) is 0 Å². The maximum atomic E-state index is 10.3. The van der Waals surface area contributed by atoms with Crippen LogP contribution in [0.1, 0.15) is 55.8 Å². The van der Waals surface area contributed by atoms with E-state index in [1.807, 2.05) is 25.1 Å². The van der Waals surface area contributed by atoms with Crippen molar-refractivity contribution in [2.24, 2.45) is 5.92 Å². The highest BCUT2D eigenvalue weighted by molar-refractivity contribution is 6.32. The summed E-state index contributed by atoms with van der Waals surface area (Å²) in [4.78, 5) is 0. The van der Waals surface area contributed by atoms with Crippen LogP contribution in [0.2, 0.25) is 5.02 Å². The van der Waals surface area contributed by atoms with Crippen molar-refractivity contribution in [2.45, 2.75) is 51.6 Å². The highest BCUT2D eigenvalue weighted by Gasteiger charge is 2.20. The summed E-state index contributed by atoms with van der Waals surface area (Å²) in [5.74, 6) is 0.676. The van der Waals surface area contributed by atoms with E-state index in [9.17, 15) is 5.11 Å². The second-order valence-electron chi connectivity index (χ2n) is 5.23. The lowest BCUT2D eigenvalue weighted by molar-refractivity contribution is 0.131. The molecule has 0 aromatic heterocycles. The van der Waals surface area contributed by atoms with E-state index in [4.69, 9.17) is 11.6 Å². The molecule has 1 aliphatic rings. The first kappa shape index (κ1) is 12.9. The molecule has 1 saturated carbocycles. The Morgan fingerprint density at radius 3 is 2.71 bits per heavy atom. The second-order valence-corrected chi connectivity index (χ2v) is 5.61. The zero-order chi connectivity index (χ0) is 12.3. The Bertz CT molecular complexity index is 369. The van der Waals surface area contributed by atoms with Gasteiger partial charge in [0.05, 0.1) is 6.10 Å². The maximum absolute atomic E-state index is 10.3. The van der Waals surface area contributed by atoms with Crippen LogP contribution in [0.5, 0.6) is 0 Å². The van der Waals surface area contributed by atoms with Crippen LogP contribution in [0, 0.1) is 12.8 Å². The highest BCUT2D eigenvalue weighted by atomic mass is 35.5. The van der Waals surface area contributed by atoms with Gasteiger partial charge < -0.3 is 5.11 Å². The van der Waals surface area contributed by atoms with E-state index in [0.29, 0.717) is 5.92 Å². The molecule has 17 heavy (non-hydrogen) atoms. The molecule has 1 aliphatic carbocycles. The van der Waals surface area contributed by atoms with Gasteiger partial charge in [0.15, 0.2) is 0 Å². The molecule has 2 rings (SSSR count). The van der Waals surface area contributed by atoms with Gasteiger partial charge in [-0.1, -0.05) is 61.9 Å². The van der Waals surface area contributed by atoms with Crippen LogP contribution in [0.3, 0.4) is 0 Å². The van der Waals surface area contributed by atoms with Gasteiger partial charge in [-0.05, 0) is 30.4 Å². The quantitative estimate of drug-likeness (QED) is 0.830. The Morgan fingerprint density at radius 1 is 1.29 bits per heavy atom. The van der Waals surface area contributed by atoms with E-state index in [0.717, 1.165) is 22.6 Å². The first-order chi connectivity index (χ1) is 8.18. The zero-order valence-corrected chi connectivity index (χ0v) is 11.2. The smallest absolute Gasteiger partial charge is 0.0807 e. The summed E-state index contributed by atoms with van der Waals surface area (Å²) in [5.41, 5.74) is 1.95. The van der Waals surface area contributed by atoms with Gasteiger partial charge in [-0.2, -0.15) is 0 Å². The Hall–Kier alpha value is -0.530. The molecule has 1 unspecified atom stereocenters. The van der Waals surface area contributed by atoms with Crippen molar-refractivity contribution in [3.8, 4) is 0 Å². The third-order valence-electron chi connectivity index (χ3n) is 3.86. The number of aliphatic hydroxyl groups excluding tert-OH is 1. The average Bonchev–Trinajstić information content (AvgIpc) is 2.34. The van der Waals surface area contributed by atoms with E-state index in [1.165, 1.54) is 32.1 Å². The predicted octanol–water partition coefficient (Wildman–Crippen LogP) is 4.65. The molecule has 1 aromatic rings. The van der Waals surface area contributed by atoms with E-state index >= 15 is 0 Å². The summed E-state index contributed by atoms with van der Waals surface area (Å²) in [6.07, 6.45) is 6.99. The number of hydrogen-bond acceptors (Lipinski definition) is 1. The Morgan fingerprint density at radius 2 is 2.00 bits per heavy atom. The first-order valence-corrected chi connectivity index (χ1v) is 6.99. The summed E-state index contributed by atoms with van der Waals surface area (Å²) >= 11 is 6.25. The van der Waals surface area contributed by atoms with Crippen molar-refractivity contribution >= 4 is 11.6 Å². The second kappa shape index (κ2) is 5.88. The standard InChI is InChI=1S/C15H21ClO/c1-11-6-5-9-13(15(11)16)14(17)10-12-7-3-2-4-8-12/h5-6,9,12,14,17H,2-4,7-8,10H2,1H3. The Labute approximate surface area is 109 Å². The molecule has 0 amide bonds. The third kappa shape index (κ3) is 3.23. The van der Waals surface area contributed by atoms with Crippen LogP contribution in [-0.4, -0.2) is 5.11 Å². The van der Waals surface area contributed by atoms with Gasteiger partial charge in [0, 0.05) is 5.02 Å². The molecule has 1 atom stereocenters. The van der Waals surface area contributed by atoms with Crippen molar-refractivity contribution in [1.29, 1.82) is 0 Å². The summed E-state index contributed by atoms with van der Waals surface area (Å²) in [5, 5.41) is 11.0. The van der Waals surface area contributed by atoms with E-state index in [2.05, 4.69) is 0 Å². The van der Waals surface area contributed by atoms with Crippen molar-refractivity contribution in [3.63, 3.8) is 0 Å². The van der Waals surface area contributed by atoms with Crippen molar-refractivity contribution < 1.29 is 5.11 Å². The summed E-state index contributed by atoms with van der Waals surface area (Å²) in [6.45, 7) is 1.99. The maximum Gasteiger partial charge on any atom is 0.0807 e. The van der Waals surface area contributed by atoms with Gasteiger partial charge >= 0.3 is 0 Å². The molecule has 94 valence electrons. The fraction of sp³-hybridized carbons (Fsp3) is 0.600. The van der Waals surface area contributed by atoms with Crippen LogP contribution in [0.25, 0.3) is 0 Å². The molecule has 1 fully saturated rings. The Balaban J connectivity index is 2.03. The number of aryl methyl sites for hydroxylation is 1. The predicted molar refractivity (Wildman–Crippen MR) is 72.3 cm³/mol. The normalized spacial score (nSPS) is 19.2. The molecule has 1 nitrogen and oxygen atoms in total. The lowest BCUT2D eigenvalue weighted by atomic mass is 9.84. The number of benzene rings is 1. The molecule has 1 N–H and O–H groups in total. The molecule has 0 bridgehead atoms.